The first kappa shape index (κ1) is 6.17. The van der Waals surface area contributed by atoms with Gasteiger partial charge in [0.15, 0.2) is 0 Å². The van der Waals surface area contributed by atoms with Crippen molar-refractivity contribution >= 4 is 15.9 Å². The van der Waals surface area contributed by atoms with E-state index in [4.69, 9.17) is 4.74 Å². The zero-order chi connectivity index (χ0) is 6.32. The summed E-state index contributed by atoms with van der Waals surface area (Å²) in [5.41, 5.74) is 0. The highest BCUT2D eigenvalue weighted by atomic mass is 79.9. The summed E-state index contributed by atoms with van der Waals surface area (Å²) >= 11 is 3.72. The Labute approximate surface area is 63.9 Å². The van der Waals surface area contributed by atoms with E-state index in [9.17, 15) is 0 Å². The van der Waals surface area contributed by atoms with Crippen molar-refractivity contribution in [2.45, 2.75) is 23.6 Å². The van der Waals surface area contributed by atoms with E-state index in [0.717, 1.165) is 19.1 Å². The molecule has 9 heavy (non-hydrogen) atoms. The summed E-state index contributed by atoms with van der Waals surface area (Å²) in [6.45, 7) is 1.88. The molecule has 0 amide bonds. The zero-order valence-electron chi connectivity index (χ0n) is 5.40. The van der Waals surface area contributed by atoms with Gasteiger partial charge in [0.25, 0.3) is 0 Å². The molecule has 1 saturated carbocycles. The molecule has 2 aliphatic rings. The van der Waals surface area contributed by atoms with Gasteiger partial charge in [0.1, 0.15) is 0 Å². The third-order valence-corrected chi connectivity index (χ3v) is 3.63. The Hall–Kier alpha value is 0.440. The maximum atomic E-state index is 5.15. The Balaban J connectivity index is 1.94. The van der Waals surface area contributed by atoms with Crippen molar-refractivity contribution in [1.29, 1.82) is 0 Å². The minimum atomic E-state index is 0.408. The molecule has 0 spiro atoms. The number of hydrogen-bond acceptors (Lipinski definition) is 1. The average Bonchev–Trinajstić information content (AvgIpc) is 1.56. The fourth-order valence-electron chi connectivity index (χ4n) is 1.46. The number of alkyl halides is 1. The molecule has 2 fully saturated rings. The standard InChI is InChI=1S/C7H11BrO/c8-7(4-9-5-7)6-2-1-3-6/h6H,1-5H2. The second-order valence-electron chi connectivity index (χ2n) is 3.16. The Morgan fingerprint density at radius 3 is 2.11 bits per heavy atom. The van der Waals surface area contributed by atoms with E-state index in [1.54, 1.807) is 0 Å². The third-order valence-electron chi connectivity index (χ3n) is 2.52. The first-order chi connectivity index (χ1) is 4.31. The highest BCUT2D eigenvalue weighted by Gasteiger charge is 2.45. The van der Waals surface area contributed by atoms with Crippen molar-refractivity contribution in [3.8, 4) is 0 Å². The first-order valence-electron chi connectivity index (χ1n) is 3.58. The van der Waals surface area contributed by atoms with Gasteiger partial charge in [-0.15, -0.1) is 0 Å². The first-order valence-corrected chi connectivity index (χ1v) is 4.37. The van der Waals surface area contributed by atoms with Crippen molar-refractivity contribution < 1.29 is 4.74 Å². The molecular formula is C7H11BrO. The van der Waals surface area contributed by atoms with Crippen LogP contribution in [0.25, 0.3) is 0 Å². The van der Waals surface area contributed by atoms with Crippen LogP contribution in [0.15, 0.2) is 0 Å². The van der Waals surface area contributed by atoms with Crippen LogP contribution in [0.5, 0.6) is 0 Å². The molecule has 0 unspecified atom stereocenters. The average molecular weight is 191 g/mol. The van der Waals surface area contributed by atoms with Gasteiger partial charge in [0.05, 0.1) is 17.5 Å². The molecule has 0 aromatic rings. The third kappa shape index (κ3) is 0.838. The van der Waals surface area contributed by atoms with Crippen molar-refractivity contribution in [3.05, 3.63) is 0 Å². The smallest absolute Gasteiger partial charge is 0.0751 e. The highest BCUT2D eigenvalue weighted by molar-refractivity contribution is 9.10. The molecule has 1 heterocycles. The van der Waals surface area contributed by atoms with E-state index in [1.165, 1.54) is 19.3 Å². The van der Waals surface area contributed by atoms with Crippen LogP contribution in [0.3, 0.4) is 0 Å². The van der Waals surface area contributed by atoms with E-state index in [0.29, 0.717) is 4.32 Å². The van der Waals surface area contributed by atoms with Gasteiger partial charge in [0.2, 0.25) is 0 Å². The molecule has 0 N–H and O–H groups in total. The summed E-state index contributed by atoms with van der Waals surface area (Å²) in [5, 5.41) is 0. The normalized spacial score (nSPS) is 33.0. The van der Waals surface area contributed by atoms with Gasteiger partial charge in [0, 0.05) is 0 Å². The highest BCUT2D eigenvalue weighted by Crippen LogP contribution is 2.45. The molecule has 2 heteroatoms. The van der Waals surface area contributed by atoms with E-state index in [-0.39, 0.29) is 0 Å². The van der Waals surface area contributed by atoms with Crippen LogP contribution in [-0.2, 0) is 4.74 Å². The van der Waals surface area contributed by atoms with Gasteiger partial charge >= 0.3 is 0 Å². The fraction of sp³-hybridized carbons (Fsp3) is 1.00. The van der Waals surface area contributed by atoms with Gasteiger partial charge < -0.3 is 4.74 Å². The van der Waals surface area contributed by atoms with Gasteiger partial charge in [-0.25, -0.2) is 0 Å². The maximum Gasteiger partial charge on any atom is 0.0751 e. The second-order valence-corrected chi connectivity index (χ2v) is 4.73. The molecule has 0 atom stereocenters. The predicted molar refractivity (Wildman–Crippen MR) is 39.8 cm³/mol. The lowest BCUT2D eigenvalue weighted by atomic mass is 9.75. The van der Waals surface area contributed by atoms with Crippen molar-refractivity contribution in [2.75, 3.05) is 13.2 Å². The number of hydrogen-bond donors (Lipinski definition) is 0. The zero-order valence-corrected chi connectivity index (χ0v) is 6.99. The summed E-state index contributed by atoms with van der Waals surface area (Å²) in [5.74, 6) is 0.922. The largest absolute Gasteiger partial charge is 0.378 e. The molecule has 0 aromatic heterocycles. The van der Waals surface area contributed by atoms with Crippen molar-refractivity contribution in [1.82, 2.24) is 0 Å². The summed E-state index contributed by atoms with van der Waals surface area (Å²) in [4.78, 5) is 0. The van der Waals surface area contributed by atoms with Crippen LogP contribution >= 0.6 is 15.9 Å². The molecular weight excluding hydrogens is 180 g/mol. The Morgan fingerprint density at radius 2 is 2.00 bits per heavy atom. The molecule has 1 aliphatic heterocycles. The van der Waals surface area contributed by atoms with E-state index >= 15 is 0 Å². The van der Waals surface area contributed by atoms with Crippen molar-refractivity contribution in [2.24, 2.45) is 5.92 Å². The Kier molecular flexibility index (Phi) is 1.34. The monoisotopic (exact) mass is 190 g/mol. The number of rotatable bonds is 1. The lowest BCUT2D eigenvalue weighted by molar-refractivity contribution is -0.0476. The topological polar surface area (TPSA) is 9.23 Å². The minimum absolute atomic E-state index is 0.408. The molecule has 0 aromatic carbocycles. The van der Waals surface area contributed by atoms with Crippen LogP contribution in [0.4, 0.5) is 0 Å². The second kappa shape index (κ2) is 1.96. The summed E-state index contributed by atoms with van der Waals surface area (Å²) < 4.78 is 5.56. The fourth-order valence-corrected chi connectivity index (χ4v) is 2.24. The molecule has 52 valence electrons. The van der Waals surface area contributed by atoms with Crippen LogP contribution in [0, 0.1) is 5.92 Å². The minimum Gasteiger partial charge on any atom is -0.378 e. The lowest BCUT2D eigenvalue weighted by Gasteiger charge is -2.46. The summed E-state index contributed by atoms with van der Waals surface area (Å²) in [6.07, 6.45) is 4.25. The SMILES string of the molecule is BrC1(C2CCC2)COC1. The van der Waals surface area contributed by atoms with E-state index in [1.807, 2.05) is 0 Å². The lowest BCUT2D eigenvalue weighted by Crippen LogP contribution is -2.52. The van der Waals surface area contributed by atoms with E-state index in [2.05, 4.69) is 15.9 Å². The molecule has 0 radical (unpaired) electrons. The Bertz CT molecular complexity index is 116. The molecule has 2 rings (SSSR count). The van der Waals surface area contributed by atoms with Crippen LogP contribution in [-0.4, -0.2) is 17.5 Å². The molecule has 1 saturated heterocycles. The molecule has 1 nitrogen and oxygen atoms in total. The van der Waals surface area contributed by atoms with Crippen LogP contribution in [0.1, 0.15) is 19.3 Å². The number of ether oxygens (including phenoxy) is 1. The van der Waals surface area contributed by atoms with Gasteiger partial charge in [-0.1, -0.05) is 22.4 Å². The van der Waals surface area contributed by atoms with Gasteiger partial charge in [-0.2, -0.15) is 0 Å². The quantitative estimate of drug-likeness (QED) is 0.575. The number of halogens is 1. The predicted octanol–water partition coefficient (Wildman–Crippen LogP) is 1.95. The van der Waals surface area contributed by atoms with Crippen LogP contribution in [0.2, 0.25) is 0 Å². The van der Waals surface area contributed by atoms with E-state index < -0.39 is 0 Å². The molecule has 0 bridgehead atoms. The van der Waals surface area contributed by atoms with Crippen molar-refractivity contribution in [3.63, 3.8) is 0 Å². The Morgan fingerprint density at radius 1 is 1.33 bits per heavy atom. The maximum absolute atomic E-state index is 5.15. The summed E-state index contributed by atoms with van der Waals surface area (Å²) in [6, 6.07) is 0. The molecule has 1 aliphatic carbocycles. The van der Waals surface area contributed by atoms with Gasteiger partial charge in [-0.3, -0.25) is 0 Å². The summed E-state index contributed by atoms with van der Waals surface area (Å²) in [7, 11) is 0. The van der Waals surface area contributed by atoms with Crippen LogP contribution < -0.4 is 0 Å². The van der Waals surface area contributed by atoms with Gasteiger partial charge in [-0.05, 0) is 18.8 Å².